The molecular weight excluding hydrogens is 462 g/mol. The van der Waals surface area contributed by atoms with Gasteiger partial charge >= 0.3 is 5.97 Å². The third-order valence-electron chi connectivity index (χ3n) is 6.34. The SMILES string of the molecule is CCOC(=O)c1c(/C=C/C(=O)N2CCN(c3oc(-c4ccco4)nc3C#N)CC2)c(C)n(CC)c1C. The molecule has 1 fully saturated rings. The smallest absolute Gasteiger partial charge is 0.340 e. The lowest BCUT2D eigenvalue weighted by Crippen LogP contribution is -2.48. The largest absolute Gasteiger partial charge is 0.462 e. The summed E-state index contributed by atoms with van der Waals surface area (Å²) in [5, 5.41) is 9.50. The zero-order chi connectivity index (χ0) is 25.8. The number of rotatable bonds is 7. The van der Waals surface area contributed by atoms with Crippen molar-refractivity contribution in [2.24, 2.45) is 0 Å². The molecule has 1 aliphatic heterocycles. The van der Waals surface area contributed by atoms with Crippen molar-refractivity contribution in [3.05, 3.63) is 52.7 Å². The molecule has 4 heterocycles. The summed E-state index contributed by atoms with van der Waals surface area (Å²) >= 11 is 0. The summed E-state index contributed by atoms with van der Waals surface area (Å²) in [6, 6.07) is 5.50. The van der Waals surface area contributed by atoms with Crippen molar-refractivity contribution in [2.45, 2.75) is 34.2 Å². The molecule has 0 N–H and O–H groups in total. The summed E-state index contributed by atoms with van der Waals surface area (Å²) in [6.45, 7) is 10.5. The van der Waals surface area contributed by atoms with Gasteiger partial charge in [0.25, 0.3) is 5.89 Å². The molecule has 0 unspecified atom stereocenters. The van der Waals surface area contributed by atoms with Crippen LogP contribution >= 0.6 is 0 Å². The molecule has 0 aromatic carbocycles. The van der Waals surface area contributed by atoms with Gasteiger partial charge in [0.05, 0.1) is 18.4 Å². The molecule has 0 spiro atoms. The third kappa shape index (κ3) is 4.64. The summed E-state index contributed by atoms with van der Waals surface area (Å²) in [7, 11) is 0. The number of oxazole rings is 1. The van der Waals surface area contributed by atoms with Gasteiger partial charge < -0.3 is 27.9 Å². The maximum atomic E-state index is 13.0. The molecule has 4 rings (SSSR count). The van der Waals surface area contributed by atoms with Crippen LogP contribution in [0.1, 0.15) is 46.9 Å². The number of piperazine rings is 1. The normalized spacial score (nSPS) is 13.9. The molecule has 10 heteroatoms. The van der Waals surface area contributed by atoms with E-state index < -0.39 is 0 Å². The van der Waals surface area contributed by atoms with Crippen LogP contribution < -0.4 is 4.90 Å². The van der Waals surface area contributed by atoms with Crippen LogP contribution in [0.4, 0.5) is 5.88 Å². The number of furan rings is 1. The van der Waals surface area contributed by atoms with Gasteiger partial charge in [0.15, 0.2) is 5.76 Å². The van der Waals surface area contributed by atoms with Crippen molar-refractivity contribution < 1.29 is 23.2 Å². The lowest BCUT2D eigenvalue weighted by atomic mass is 10.1. The first-order chi connectivity index (χ1) is 17.4. The van der Waals surface area contributed by atoms with Gasteiger partial charge in [-0.05, 0) is 45.9 Å². The number of nitriles is 1. The standard InChI is InChI=1S/C26H29N5O5/c1-5-31-17(3)19(23(18(31)4)26(33)34-6-2)9-10-22(32)29-11-13-30(14-12-29)25-20(16-27)28-24(36-25)21-8-7-15-35-21/h7-10,15H,5-6,11-14H2,1-4H3/b10-9+. The zero-order valence-electron chi connectivity index (χ0n) is 20.9. The minimum absolute atomic E-state index is 0.153. The summed E-state index contributed by atoms with van der Waals surface area (Å²) in [4.78, 5) is 33.4. The molecule has 1 amide bonds. The predicted molar refractivity (Wildman–Crippen MR) is 132 cm³/mol. The fourth-order valence-corrected chi connectivity index (χ4v) is 4.54. The number of carbonyl (C=O) groups excluding carboxylic acids is 2. The van der Waals surface area contributed by atoms with E-state index in [1.807, 2.05) is 30.2 Å². The highest BCUT2D eigenvalue weighted by molar-refractivity contribution is 5.99. The summed E-state index contributed by atoms with van der Waals surface area (Å²) in [5.41, 5.74) is 3.10. The Labute approximate surface area is 209 Å². The average Bonchev–Trinajstić information content (AvgIpc) is 3.61. The van der Waals surface area contributed by atoms with E-state index >= 15 is 0 Å². The highest BCUT2D eigenvalue weighted by atomic mass is 16.5. The Bertz CT molecular complexity index is 1320. The molecule has 3 aromatic heterocycles. The van der Waals surface area contributed by atoms with E-state index in [4.69, 9.17) is 13.6 Å². The van der Waals surface area contributed by atoms with Gasteiger partial charge in [-0.2, -0.15) is 10.2 Å². The number of amides is 1. The van der Waals surface area contributed by atoms with Gasteiger partial charge in [-0.25, -0.2) is 4.79 Å². The molecule has 0 radical (unpaired) electrons. The van der Waals surface area contributed by atoms with Gasteiger partial charge in [0.2, 0.25) is 17.5 Å². The van der Waals surface area contributed by atoms with Crippen molar-refractivity contribution in [3.63, 3.8) is 0 Å². The highest BCUT2D eigenvalue weighted by Crippen LogP contribution is 2.29. The number of hydrogen-bond donors (Lipinski definition) is 0. The maximum absolute atomic E-state index is 13.0. The number of hydrogen-bond acceptors (Lipinski definition) is 8. The second-order valence-electron chi connectivity index (χ2n) is 8.33. The first-order valence-corrected chi connectivity index (χ1v) is 11.9. The Morgan fingerprint density at radius 1 is 1.19 bits per heavy atom. The van der Waals surface area contributed by atoms with Gasteiger partial charge in [-0.1, -0.05) is 0 Å². The molecule has 0 aliphatic carbocycles. The molecule has 0 bridgehead atoms. The van der Waals surface area contributed by atoms with E-state index in [9.17, 15) is 14.9 Å². The van der Waals surface area contributed by atoms with Gasteiger partial charge in [-0.3, -0.25) is 4.79 Å². The quantitative estimate of drug-likeness (QED) is 0.362. The van der Waals surface area contributed by atoms with E-state index in [2.05, 4.69) is 11.1 Å². The van der Waals surface area contributed by atoms with Gasteiger partial charge in [-0.15, -0.1) is 0 Å². The van der Waals surface area contributed by atoms with Crippen LogP contribution in [0.3, 0.4) is 0 Å². The van der Waals surface area contributed by atoms with Crippen molar-refractivity contribution in [1.82, 2.24) is 14.5 Å². The van der Waals surface area contributed by atoms with Crippen molar-refractivity contribution in [3.8, 4) is 17.7 Å². The van der Waals surface area contributed by atoms with Crippen molar-refractivity contribution in [1.29, 1.82) is 5.26 Å². The Morgan fingerprint density at radius 3 is 2.56 bits per heavy atom. The van der Waals surface area contributed by atoms with E-state index in [1.165, 1.54) is 12.3 Å². The molecule has 188 valence electrons. The lowest BCUT2D eigenvalue weighted by Gasteiger charge is -2.33. The molecule has 1 aliphatic rings. The topological polar surface area (TPSA) is 118 Å². The Hall–Kier alpha value is -4.26. The summed E-state index contributed by atoms with van der Waals surface area (Å²) in [6.07, 6.45) is 4.72. The molecule has 3 aromatic rings. The second kappa shape index (κ2) is 10.6. The predicted octanol–water partition coefficient (Wildman–Crippen LogP) is 3.78. The number of nitrogens with zero attached hydrogens (tertiary/aromatic N) is 5. The van der Waals surface area contributed by atoms with E-state index in [0.717, 1.165) is 11.4 Å². The average molecular weight is 492 g/mol. The Balaban J connectivity index is 1.47. The van der Waals surface area contributed by atoms with Crippen molar-refractivity contribution in [2.75, 3.05) is 37.7 Å². The van der Waals surface area contributed by atoms with Crippen LogP contribution in [0.25, 0.3) is 17.7 Å². The molecular formula is C26H29N5O5. The number of aromatic nitrogens is 2. The van der Waals surface area contributed by atoms with Crippen LogP contribution in [0.2, 0.25) is 0 Å². The first-order valence-electron chi connectivity index (χ1n) is 11.9. The maximum Gasteiger partial charge on any atom is 0.340 e. The molecule has 36 heavy (non-hydrogen) atoms. The summed E-state index contributed by atoms with van der Waals surface area (Å²) in [5.74, 6) is 0.523. The number of anilines is 1. The zero-order valence-corrected chi connectivity index (χ0v) is 20.9. The number of ether oxygens (including phenoxy) is 1. The van der Waals surface area contributed by atoms with Crippen LogP contribution in [0, 0.1) is 25.2 Å². The monoisotopic (exact) mass is 491 g/mol. The lowest BCUT2D eigenvalue weighted by molar-refractivity contribution is -0.126. The van der Waals surface area contributed by atoms with Crippen molar-refractivity contribution >= 4 is 23.8 Å². The third-order valence-corrected chi connectivity index (χ3v) is 6.34. The molecule has 1 saturated heterocycles. The van der Waals surface area contributed by atoms with Crippen LogP contribution in [0.15, 0.2) is 33.3 Å². The van der Waals surface area contributed by atoms with Crippen LogP contribution in [0.5, 0.6) is 0 Å². The van der Waals surface area contributed by atoms with E-state index in [0.29, 0.717) is 55.5 Å². The fraction of sp³-hybridized carbons (Fsp3) is 0.385. The molecule has 0 atom stereocenters. The minimum atomic E-state index is -0.389. The molecule has 0 saturated carbocycles. The Morgan fingerprint density at radius 2 is 1.94 bits per heavy atom. The number of esters is 1. The van der Waals surface area contributed by atoms with E-state index in [1.54, 1.807) is 30.0 Å². The highest BCUT2D eigenvalue weighted by Gasteiger charge is 2.27. The van der Waals surface area contributed by atoms with Crippen LogP contribution in [-0.2, 0) is 16.1 Å². The fourth-order valence-electron chi connectivity index (χ4n) is 4.54. The number of carbonyl (C=O) groups is 2. The second-order valence-corrected chi connectivity index (χ2v) is 8.33. The first kappa shape index (κ1) is 24.9. The Kier molecular flexibility index (Phi) is 7.29. The van der Waals surface area contributed by atoms with Gasteiger partial charge in [0.1, 0.15) is 6.07 Å². The molecule has 10 nitrogen and oxygen atoms in total. The summed E-state index contributed by atoms with van der Waals surface area (Å²) < 4.78 is 18.4. The minimum Gasteiger partial charge on any atom is -0.462 e. The van der Waals surface area contributed by atoms with E-state index in [-0.39, 0.29) is 30.1 Å². The van der Waals surface area contributed by atoms with Crippen LogP contribution in [-0.4, -0.2) is 59.1 Å². The van der Waals surface area contributed by atoms with Gasteiger partial charge in [0, 0.05) is 55.8 Å².